The molecule has 0 atom stereocenters. The van der Waals surface area contributed by atoms with Crippen LogP contribution in [0.1, 0.15) is 13.8 Å². The Morgan fingerprint density at radius 2 is 1.84 bits per heavy atom. The average Bonchev–Trinajstić information content (AvgIpc) is 3.54. The molecule has 1 amide bonds. The summed E-state index contributed by atoms with van der Waals surface area (Å²) in [4.78, 5) is 28.3. The maximum Gasteiger partial charge on any atom is 0.226 e. The number of rotatable bonds is 5. The minimum absolute atomic E-state index is 0.162. The molecule has 8 nitrogen and oxygen atoms in total. The summed E-state index contributed by atoms with van der Waals surface area (Å²) < 4.78 is 30.6. The van der Waals surface area contributed by atoms with Crippen LogP contribution < -0.4 is 5.32 Å². The van der Waals surface area contributed by atoms with E-state index in [0.29, 0.717) is 39.1 Å². The van der Waals surface area contributed by atoms with Gasteiger partial charge in [-0.25, -0.2) is 18.7 Å². The van der Waals surface area contributed by atoms with Gasteiger partial charge in [-0.1, -0.05) is 32.0 Å². The van der Waals surface area contributed by atoms with Gasteiger partial charge in [-0.15, -0.1) is 0 Å². The van der Waals surface area contributed by atoms with Crippen molar-refractivity contribution in [2.45, 2.75) is 13.8 Å². The van der Waals surface area contributed by atoms with Gasteiger partial charge in [0.1, 0.15) is 17.3 Å². The summed E-state index contributed by atoms with van der Waals surface area (Å²) in [5.74, 6) is -0.988. The van der Waals surface area contributed by atoms with Crippen LogP contribution in [0.2, 0.25) is 0 Å². The Hall–Kier alpha value is -4.99. The maximum atomic E-state index is 16.0. The molecule has 6 aromatic rings. The first-order chi connectivity index (χ1) is 18.4. The summed E-state index contributed by atoms with van der Waals surface area (Å²) in [5.41, 5.74) is 3.82. The number of aromatic amines is 2. The van der Waals surface area contributed by atoms with E-state index >= 15 is 4.39 Å². The number of H-pyrrole nitrogens is 2. The van der Waals surface area contributed by atoms with E-state index < -0.39 is 5.82 Å². The van der Waals surface area contributed by atoms with Crippen molar-refractivity contribution in [1.29, 1.82) is 0 Å². The number of fused-ring (bicyclic) bond motifs is 2. The lowest BCUT2D eigenvalue weighted by molar-refractivity contribution is -0.118. The Morgan fingerprint density at radius 3 is 2.66 bits per heavy atom. The van der Waals surface area contributed by atoms with Gasteiger partial charge >= 0.3 is 0 Å². The van der Waals surface area contributed by atoms with Crippen LogP contribution in [0.3, 0.4) is 0 Å². The molecule has 0 saturated carbocycles. The molecule has 6 rings (SSSR count). The number of hydrogen-bond acceptors (Lipinski definition) is 5. The van der Waals surface area contributed by atoms with Crippen LogP contribution in [0, 0.1) is 17.6 Å². The lowest BCUT2D eigenvalue weighted by Gasteiger charge is -2.10. The Morgan fingerprint density at radius 1 is 1.00 bits per heavy atom. The third-order valence-corrected chi connectivity index (χ3v) is 6.29. The van der Waals surface area contributed by atoms with Crippen LogP contribution >= 0.6 is 0 Å². The molecule has 3 N–H and O–H groups in total. The van der Waals surface area contributed by atoms with Gasteiger partial charge in [-0.3, -0.25) is 14.9 Å². The van der Waals surface area contributed by atoms with Crippen molar-refractivity contribution < 1.29 is 13.6 Å². The van der Waals surface area contributed by atoms with Crippen molar-refractivity contribution in [2.75, 3.05) is 5.32 Å². The number of amides is 1. The fourth-order valence-electron chi connectivity index (χ4n) is 4.34. The summed E-state index contributed by atoms with van der Waals surface area (Å²) in [6, 6.07) is 13.1. The summed E-state index contributed by atoms with van der Waals surface area (Å²) in [5, 5.41) is 10.2. The zero-order valence-corrected chi connectivity index (χ0v) is 20.4. The zero-order chi connectivity index (χ0) is 26.4. The average molecular weight is 510 g/mol. The van der Waals surface area contributed by atoms with E-state index in [9.17, 15) is 9.18 Å². The van der Waals surface area contributed by atoms with E-state index in [1.807, 2.05) is 0 Å². The second kappa shape index (κ2) is 9.15. The summed E-state index contributed by atoms with van der Waals surface area (Å²) in [6.45, 7) is 3.57. The largest absolute Gasteiger partial charge is 0.335 e. The minimum Gasteiger partial charge on any atom is -0.335 e. The summed E-state index contributed by atoms with van der Waals surface area (Å²) in [6.07, 6.45) is 4.59. The molecule has 10 heteroatoms. The number of imidazole rings is 1. The van der Waals surface area contributed by atoms with E-state index in [0.717, 1.165) is 0 Å². The zero-order valence-electron chi connectivity index (χ0n) is 20.4. The van der Waals surface area contributed by atoms with E-state index in [-0.39, 0.29) is 40.1 Å². The molecule has 2 aromatic carbocycles. The molecule has 38 heavy (non-hydrogen) atoms. The molecule has 188 valence electrons. The molecule has 0 saturated heterocycles. The van der Waals surface area contributed by atoms with Gasteiger partial charge in [0, 0.05) is 40.6 Å². The van der Waals surface area contributed by atoms with Crippen LogP contribution in [0.4, 0.5) is 14.5 Å². The van der Waals surface area contributed by atoms with Crippen LogP contribution in [0.25, 0.3) is 55.8 Å². The molecule has 4 heterocycles. The number of benzene rings is 2. The molecule has 0 spiro atoms. The number of carbonyl (C=O) groups excluding carboxylic acids is 1. The van der Waals surface area contributed by atoms with E-state index in [4.69, 9.17) is 0 Å². The van der Waals surface area contributed by atoms with Gasteiger partial charge in [0.2, 0.25) is 5.91 Å². The molecular weight excluding hydrogens is 488 g/mol. The smallest absolute Gasteiger partial charge is 0.226 e. The first-order valence-corrected chi connectivity index (χ1v) is 11.9. The normalized spacial score (nSPS) is 11.5. The Kier molecular flexibility index (Phi) is 5.64. The quantitative estimate of drug-likeness (QED) is 0.260. The lowest BCUT2D eigenvalue weighted by atomic mass is 10.0. The molecule has 0 bridgehead atoms. The molecule has 0 aliphatic carbocycles. The molecule has 0 fully saturated rings. The molecule has 0 aliphatic heterocycles. The first-order valence-electron chi connectivity index (χ1n) is 11.9. The minimum atomic E-state index is -0.525. The number of halogens is 2. The third kappa shape index (κ3) is 3.96. The Balaban J connectivity index is 1.46. The lowest BCUT2D eigenvalue weighted by Crippen LogP contribution is -2.17. The number of nitrogens with one attached hydrogen (secondary N) is 3. The highest BCUT2D eigenvalue weighted by atomic mass is 19.1. The number of pyridine rings is 2. The first kappa shape index (κ1) is 23.4. The Bertz CT molecular complexity index is 1840. The highest BCUT2D eigenvalue weighted by Crippen LogP contribution is 2.35. The monoisotopic (exact) mass is 509 g/mol. The van der Waals surface area contributed by atoms with Crippen molar-refractivity contribution in [3.63, 3.8) is 0 Å². The number of hydrogen-bond donors (Lipinski definition) is 3. The van der Waals surface area contributed by atoms with Gasteiger partial charge in [-0.05, 0) is 30.3 Å². The molecule has 0 aliphatic rings. The van der Waals surface area contributed by atoms with Crippen molar-refractivity contribution >= 4 is 33.7 Å². The van der Waals surface area contributed by atoms with E-state index in [1.54, 1.807) is 62.5 Å². The van der Waals surface area contributed by atoms with Crippen LogP contribution in [-0.4, -0.2) is 36.0 Å². The number of nitrogens with zero attached hydrogens (tertiary/aromatic N) is 4. The highest BCUT2D eigenvalue weighted by Gasteiger charge is 2.21. The van der Waals surface area contributed by atoms with Gasteiger partial charge in [0.15, 0.2) is 11.5 Å². The second-order valence-corrected chi connectivity index (χ2v) is 9.15. The number of carbonyl (C=O) groups is 1. The van der Waals surface area contributed by atoms with Crippen molar-refractivity contribution in [3.05, 3.63) is 78.8 Å². The van der Waals surface area contributed by atoms with E-state index in [1.165, 1.54) is 18.5 Å². The molecular formula is C28H21F2N7O. The summed E-state index contributed by atoms with van der Waals surface area (Å²) >= 11 is 0. The van der Waals surface area contributed by atoms with Gasteiger partial charge < -0.3 is 10.3 Å². The predicted octanol–water partition coefficient (Wildman–Crippen LogP) is 6.10. The molecule has 0 unspecified atom stereocenters. The highest BCUT2D eigenvalue weighted by molar-refractivity contribution is 5.98. The van der Waals surface area contributed by atoms with Crippen molar-refractivity contribution in [1.82, 2.24) is 30.1 Å². The Labute approximate surface area is 215 Å². The predicted molar refractivity (Wildman–Crippen MR) is 141 cm³/mol. The van der Waals surface area contributed by atoms with E-state index in [2.05, 4.69) is 35.5 Å². The number of anilines is 1. The number of aromatic nitrogens is 6. The topological polar surface area (TPSA) is 112 Å². The third-order valence-electron chi connectivity index (χ3n) is 6.29. The summed E-state index contributed by atoms with van der Waals surface area (Å²) in [7, 11) is 0. The van der Waals surface area contributed by atoms with Crippen LogP contribution in [0.15, 0.2) is 67.1 Å². The standard InChI is InChI=1S/C28H21F2N7O/c1-14(2)28(38)33-16-11-15(12-31-13-16)17-7-8-21-22(23(17)30)25(37-36-21)27-34-24-19(9-10-32-26(24)35-27)18-5-3-4-6-20(18)29/h3-14H,1-2H3,(H,33,38)(H,36,37)(H,32,34,35). The maximum absolute atomic E-state index is 16.0. The fraction of sp³-hybridized carbons (Fsp3) is 0.107. The van der Waals surface area contributed by atoms with Gasteiger partial charge in [0.25, 0.3) is 0 Å². The molecule has 4 aromatic heterocycles. The molecule has 0 radical (unpaired) electrons. The van der Waals surface area contributed by atoms with Crippen LogP contribution in [-0.2, 0) is 4.79 Å². The van der Waals surface area contributed by atoms with Crippen LogP contribution in [0.5, 0.6) is 0 Å². The SMILES string of the molecule is CC(C)C(=O)Nc1cncc(-c2ccc3[nH]nc(-c4nc5nccc(-c6ccccc6F)c5[nH]4)c3c2F)c1. The van der Waals surface area contributed by atoms with Crippen molar-refractivity contribution in [3.8, 4) is 33.8 Å². The van der Waals surface area contributed by atoms with Gasteiger partial charge in [-0.2, -0.15) is 5.10 Å². The second-order valence-electron chi connectivity index (χ2n) is 9.15. The van der Waals surface area contributed by atoms with Crippen molar-refractivity contribution in [2.24, 2.45) is 5.92 Å². The van der Waals surface area contributed by atoms with Gasteiger partial charge in [0.05, 0.1) is 28.3 Å². The fourth-order valence-corrected chi connectivity index (χ4v) is 4.34.